The minimum atomic E-state index is 0.0673. The van der Waals surface area contributed by atoms with Crippen LogP contribution in [0.2, 0.25) is 0 Å². The Labute approximate surface area is 133 Å². The van der Waals surface area contributed by atoms with Gasteiger partial charge in [-0.05, 0) is 44.3 Å². The summed E-state index contributed by atoms with van der Waals surface area (Å²) in [5, 5.41) is 0. The van der Waals surface area contributed by atoms with Crippen molar-refractivity contribution in [2.24, 2.45) is 0 Å². The van der Waals surface area contributed by atoms with Crippen LogP contribution in [0.3, 0.4) is 0 Å². The summed E-state index contributed by atoms with van der Waals surface area (Å²) >= 11 is 0. The molecule has 0 aliphatic carbocycles. The smallest absolute Gasteiger partial charge is 0.253 e. The summed E-state index contributed by atoms with van der Waals surface area (Å²) in [6.45, 7) is 3.68. The number of nitrogens with zero attached hydrogens (tertiary/aromatic N) is 2. The molecule has 0 saturated carbocycles. The van der Waals surface area contributed by atoms with E-state index in [-0.39, 0.29) is 5.91 Å². The van der Waals surface area contributed by atoms with Crippen LogP contribution in [0, 0.1) is 6.92 Å². The van der Waals surface area contributed by atoms with E-state index in [4.69, 9.17) is 0 Å². The zero-order valence-corrected chi connectivity index (χ0v) is 13.8. The molecule has 0 bridgehead atoms. The third-order valence-corrected chi connectivity index (χ3v) is 3.71. The quantitative estimate of drug-likeness (QED) is 0.845. The molecule has 0 saturated heterocycles. The number of likely N-dealkylation sites (N-methyl/N-ethyl adjacent to an activating group) is 2. The first kappa shape index (κ1) is 16.2. The van der Waals surface area contributed by atoms with Gasteiger partial charge in [-0.25, -0.2) is 0 Å². The Morgan fingerprint density at radius 3 is 2.18 bits per heavy atom. The zero-order valence-electron chi connectivity index (χ0n) is 13.8. The number of benzene rings is 2. The zero-order chi connectivity index (χ0) is 16.1. The lowest BCUT2D eigenvalue weighted by Crippen LogP contribution is -2.33. The number of hydrogen-bond acceptors (Lipinski definition) is 2. The number of amides is 1. The molecular weight excluding hydrogens is 272 g/mol. The summed E-state index contributed by atoms with van der Waals surface area (Å²) in [5.41, 5.74) is 4.29. The van der Waals surface area contributed by atoms with Crippen molar-refractivity contribution >= 4 is 5.91 Å². The molecule has 0 aliphatic rings. The van der Waals surface area contributed by atoms with E-state index in [1.54, 1.807) is 4.90 Å². The summed E-state index contributed by atoms with van der Waals surface area (Å²) in [6.07, 6.45) is 0. The average molecular weight is 296 g/mol. The van der Waals surface area contributed by atoms with Crippen molar-refractivity contribution in [2.45, 2.75) is 6.92 Å². The monoisotopic (exact) mass is 296 g/mol. The van der Waals surface area contributed by atoms with Crippen LogP contribution in [0.25, 0.3) is 11.1 Å². The molecule has 116 valence electrons. The minimum Gasteiger partial charge on any atom is -0.340 e. The molecule has 2 rings (SSSR count). The van der Waals surface area contributed by atoms with Crippen molar-refractivity contribution in [3.8, 4) is 11.1 Å². The van der Waals surface area contributed by atoms with Crippen molar-refractivity contribution in [1.29, 1.82) is 0 Å². The summed E-state index contributed by atoms with van der Waals surface area (Å²) in [6, 6.07) is 16.2. The topological polar surface area (TPSA) is 23.6 Å². The van der Waals surface area contributed by atoms with E-state index in [0.717, 1.165) is 24.2 Å². The third kappa shape index (κ3) is 4.18. The van der Waals surface area contributed by atoms with Gasteiger partial charge in [-0.3, -0.25) is 4.79 Å². The molecule has 1 amide bonds. The molecule has 0 N–H and O–H groups in total. The Morgan fingerprint density at radius 2 is 1.59 bits per heavy atom. The average Bonchev–Trinajstić information content (AvgIpc) is 2.52. The Hall–Kier alpha value is -2.13. The fourth-order valence-corrected chi connectivity index (χ4v) is 2.30. The first-order valence-corrected chi connectivity index (χ1v) is 7.54. The van der Waals surface area contributed by atoms with Crippen molar-refractivity contribution in [3.63, 3.8) is 0 Å². The molecule has 0 spiro atoms. The maximum atomic E-state index is 12.4. The van der Waals surface area contributed by atoms with Gasteiger partial charge in [0.2, 0.25) is 0 Å². The number of rotatable bonds is 5. The lowest BCUT2D eigenvalue weighted by atomic mass is 10.0. The van der Waals surface area contributed by atoms with Gasteiger partial charge < -0.3 is 9.80 Å². The van der Waals surface area contributed by atoms with Crippen LogP contribution in [0.5, 0.6) is 0 Å². The normalized spacial score (nSPS) is 10.8. The molecule has 2 aromatic carbocycles. The molecule has 22 heavy (non-hydrogen) atoms. The van der Waals surface area contributed by atoms with Crippen LogP contribution >= 0.6 is 0 Å². The third-order valence-electron chi connectivity index (χ3n) is 3.71. The van der Waals surface area contributed by atoms with Gasteiger partial charge in [0.05, 0.1) is 0 Å². The maximum absolute atomic E-state index is 12.4. The summed E-state index contributed by atoms with van der Waals surface area (Å²) in [4.78, 5) is 16.2. The van der Waals surface area contributed by atoms with Gasteiger partial charge in [-0.1, -0.05) is 42.0 Å². The molecule has 0 fully saturated rings. The number of carbonyl (C=O) groups is 1. The highest BCUT2D eigenvalue weighted by Crippen LogP contribution is 2.21. The number of hydrogen-bond donors (Lipinski definition) is 0. The summed E-state index contributed by atoms with van der Waals surface area (Å²) < 4.78 is 0. The van der Waals surface area contributed by atoms with Gasteiger partial charge >= 0.3 is 0 Å². The van der Waals surface area contributed by atoms with E-state index in [9.17, 15) is 4.79 Å². The van der Waals surface area contributed by atoms with Crippen LogP contribution in [-0.4, -0.2) is 49.9 Å². The van der Waals surface area contributed by atoms with Crippen molar-refractivity contribution < 1.29 is 4.79 Å². The molecule has 0 unspecified atom stereocenters. The predicted molar refractivity (Wildman–Crippen MR) is 92.1 cm³/mol. The highest BCUT2D eigenvalue weighted by atomic mass is 16.2. The standard InChI is InChI=1S/C19H24N2O/c1-15-6-5-7-18(14-15)16-8-10-17(11-9-16)19(22)21(4)13-12-20(2)3/h5-11,14H,12-13H2,1-4H3. The predicted octanol–water partition coefficient (Wildman–Crippen LogP) is 3.30. The van der Waals surface area contributed by atoms with Gasteiger partial charge in [-0.15, -0.1) is 0 Å². The van der Waals surface area contributed by atoms with Crippen LogP contribution < -0.4 is 0 Å². The maximum Gasteiger partial charge on any atom is 0.253 e. The van der Waals surface area contributed by atoms with Crippen molar-refractivity contribution in [1.82, 2.24) is 9.80 Å². The first-order valence-electron chi connectivity index (χ1n) is 7.54. The largest absolute Gasteiger partial charge is 0.340 e. The minimum absolute atomic E-state index is 0.0673. The molecule has 2 aromatic rings. The van der Waals surface area contributed by atoms with E-state index in [1.165, 1.54) is 11.1 Å². The lowest BCUT2D eigenvalue weighted by Gasteiger charge is -2.19. The molecule has 3 heteroatoms. The van der Waals surface area contributed by atoms with E-state index in [2.05, 4.69) is 36.1 Å². The Morgan fingerprint density at radius 1 is 0.909 bits per heavy atom. The van der Waals surface area contributed by atoms with Crippen molar-refractivity contribution in [2.75, 3.05) is 34.2 Å². The van der Waals surface area contributed by atoms with E-state index in [1.807, 2.05) is 45.4 Å². The van der Waals surface area contributed by atoms with Crippen LogP contribution in [-0.2, 0) is 0 Å². The van der Waals surface area contributed by atoms with E-state index >= 15 is 0 Å². The van der Waals surface area contributed by atoms with Gasteiger partial charge in [0.25, 0.3) is 5.91 Å². The van der Waals surface area contributed by atoms with Crippen LogP contribution in [0.15, 0.2) is 48.5 Å². The second-order valence-corrected chi connectivity index (χ2v) is 5.98. The first-order chi connectivity index (χ1) is 10.5. The Bertz CT molecular complexity index is 632. The number of carbonyl (C=O) groups excluding carboxylic acids is 1. The van der Waals surface area contributed by atoms with Crippen LogP contribution in [0.1, 0.15) is 15.9 Å². The molecule has 0 radical (unpaired) electrons. The van der Waals surface area contributed by atoms with Gasteiger partial charge in [0.1, 0.15) is 0 Å². The van der Waals surface area contributed by atoms with Gasteiger partial charge in [0.15, 0.2) is 0 Å². The molecule has 0 aromatic heterocycles. The highest BCUT2D eigenvalue weighted by Gasteiger charge is 2.11. The SMILES string of the molecule is Cc1cccc(-c2ccc(C(=O)N(C)CCN(C)C)cc2)c1. The molecule has 0 heterocycles. The van der Waals surface area contributed by atoms with Gasteiger partial charge in [0, 0.05) is 25.7 Å². The van der Waals surface area contributed by atoms with Gasteiger partial charge in [-0.2, -0.15) is 0 Å². The Kier molecular flexibility index (Phi) is 5.34. The lowest BCUT2D eigenvalue weighted by molar-refractivity contribution is 0.0786. The van der Waals surface area contributed by atoms with Crippen LogP contribution in [0.4, 0.5) is 0 Å². The van der Waals surface area contributed by atoms with E-state index < -0.39 is 0 Å². The second-order valence-electron chi connectivity index (χ2n) is 5.98. The summed E-state index contributed by atoms with van der Waals surface area (Å²) in [5.74, 6) is 0.0673. The Balaban J connectivity index is 2.10. The molecular formula is C19H24N2O. The molecule has 0 aliphatic heterocycles. The fourth-order valence-electron chi connectivity index (χ4n) is 2.30. The van der Waals surface area contributed by atoms with E-state index in [0.29, 0.717) is 0 Å². The van der Waals surface area contributed by atoms with Crippen molar-refractivity contribution in [3.05, 3.63) is 59.7 Å². The number of aryl methyl sites for hydroxylation is 1. The molecule has 3 nitrogen and oxygen atoms in total. The fraction of sp³-hybridized carbons (Fsp3) is 0.316. The second kappa shape index (κ2) is 7.23. The highest BCUT2D eigenvalue weighted by molar-refractivity contribution is 5.94. The summed E-state index contributed by atoms with van der Waals surface area (Å²) in [7, 11) is 5.87. The molecule has 0 atom stereocenters.